The first-order valence-electron chi connectivity index (χ1n) is 7.25. The van der Waals surface area contributed by atoms with E-state index in [-0.39, 0.29) is 17.5 Å². The van der Waals surface area contributed by atoms with Crippen LogP contribution in [0.3, 0.4) is 0 Å². The van der Waals surface area contributed by atoms with Crippen molar-refractivity contribution in [3.8, 4) is 0 Å². The van der Waals surface area contributed by atoms with E-state index in [0.717, 1.165) is 25.7 Å². The lowest BCUT2D eigenvalue weighted by Gasteiger charge is -2.28. The molecular weight excluding hydrogens is 272 g/mol. The van der Waals surface area contributed by atoms with Crippen LogP contribution in [0.5, 0.6) is 0 Å². The number of para-hydroxylation sites is 1. The Hall–Kier alpha value is -1.95. The largest absolute Gasteiger partial charge is 0.481 e. The van der Waals surface area contributed by atoms with E-state index < -0.39 is 10.9 Å². The highest BCUT2D eigenvalue weighted by atomic mass is 16.6. The lowest BCUT2D eigenvalue weighted by molar-refractivity contribution is -0.385. The number of hydrogen-bond donors (Lipinski definition) is 2. The molecule has 0 amide bonds. The second-order valence-corrected chi connectivity index (χ2v) is 5.51. The van der Waals surface area contributed by atoms with E-state index in [0.29, 0.717) is 18.7 Å². The molecule has 1 aliphatic carbocycles. The molecule has 0 aliphatic heterocycles. The molecule has 0 saturated heterocycles. The van der Waals surface area contributed by atoms with Crippen LogP contribution in [0.25, 0.3) is 0 Å². The van der Waals surface area contributed by atoms with Crippen LogP contribution in [0.2, 0.25) is 0 Å². The molecule has 6 nitrogen and oxygen atoms in total. The molecule has 1 aromatic carbocycles. The second-order valence-electron chi connectivity index (χ2n) is 5.51. The first-order valence-corrected chi connectivity index (χ1v) is 7.25. The van der Waals surface area contributed by atoms with Crippen LogP contribution >= 0.6 is 0 Å². The number of carbonyl (C=O) groups is 1. The summed E-state index contributed by atoms with van der Waals surface area (Å²) < 4.78 is 0. The van der Waals surface area contributed by atoms with Gasteiger partial charge in [0.25, 0.3) is 5.69 Å². The predicted octanol–water partition coefficient (Wildman–Crippen LogP) is 2.58. The second kappa shape index (κ2) is 7.17. The monoisotopic (exact) mass is 292 g/mol. The first-order chi connectivity index (χ1) is 10.1. The number of carboxylic acids is 1. The molecule has 0 aromatic heterocycles. The molecule has 2 unspecified atom stereocenters. The van der Waals surface area contributed by atoms with Gasteiger partial charge in [0.15, 0.2) is 0 Å². The lowest BCUT2D eigenvalue weighted by atomic mass is 9.79. The Morgan fingerprint density at radius 1 is 1.33 bits per heavy atom. The number of benzene rings is 1. The predicted molar refractivity (Wildman–Crippen MR) is 77.9 cm³/mol. The normalized spacial score (nSPS) is 21.9. The third-order valence-electron chi connectivity index (χ3n) is 4.14. The van der Waals surface area contributed by atoms with Gasteiger partial charge in [-0.05, 0) is 25.3 Å². The third kappa shape index (κ3) is 4.01. The molecule has 1 fully saturated rings. The Balaban J connectivity index is 1.92. The van der Waals surface area contributed by atoms with Crippen molar-refractivity contribution >= 4 is 11.7 Å². The molecule has 0 spiro atoms. The molecule has 2 N–H and O–H groups in total. The maximum Gasteiger partial charge on any atom is 0.306 e. The molecule has 2 atom stereocenters. The van der Waals surface area contributed by atoms with Gasteiger partial charge in [0, 0.05) is 18.2 Å². The highest BCUT2D eigenvalue weighted by molar-refractivity contribution is 5.70. The van der Waals surface area contributed by atoms with Crippen LogP contribution < -0.4 is 5.32 Å². The molecule has 1 saturated carbocycles. The maximum atomic E-state index is 11.2. The lowest BCUT2D eigenvalue weighted by Crippen LogP contribution is -2.34. The van der Waals surface area contributed by atoms with Crippen molar-refractivity contribution in [1.29, 1.82) is 0 Å². The number of nitrogens with zero attached hydrogens (tertiary/aromatic N) is 1. The van der Waals surface area contributed by atoms with Crippen molar-refractivity contribution in [3.63, 3.8) is 0 Å². The van der Waals surface area contributed by atoms with Crippen LogP contribution in [0, 0.1) is 22.0 Å². The Kier molecular flexibility index (Phi) is 5.27. The maximum absolute atomic E-state index is 11.2. The van der Waals surface area contributed by atoms with Crippen molar-refractivity contribution in [2.24, 2.45) is 11.8 Å². The molecule has 0 bridgehead atoms. The minimum atomic E-state index is -0.729. The highest BCUT2D eigenvalue weighted by Gasteiger charge is 2.30. The van der Waals surface area contributed by atoms with Gasteiger partial charge in [0.2, 0.25) is 0 Å². The number of aliphatic carboxylic acids is 1. The van der Waals surface area contributed by atoms with Crippen LogP contribution in [-0.4, -0.2) is 22.5 Å². The molecule has 21 heavy (non-hydrogen) atoms. The van der Waals surface area contributed by atoms with Gasteiger partial charge in [0.1, 0.15) is 0 Å². The summed E-state index contributed by atoms with van der Waals surface area (Å²) in [6.07, 6.45) is 3.66. The fourth-order valence-corrected chi connectivity index (χ4v) is 3.01. The molecule has 1 aliphatic rings. The van der Waals surface area contributed by atoms with Crippen LogP contribution in [0.4, 0.5) is 5.69 Å². The molecule has 114 valence electrons. The number of carboxylic acid groups (broad SMARTS) is 1. The van der Waals surface area contributed by atoms with E-state index in [1.165, 1.54) is 6.07 Å². The van der Waals surface area contributed by atoms with E-state index in [1.54, 1.807) is 18.2 Å². The van der Waals surface area contributed by atoms with Gasteiger partial charge >= 0.3 is 5.97 Å². The van der Waals surface area contributed by atoms with Crippen molar-refractivity contribution in [3.05, 3.63) is 39.9 Å². The topological polar surface area (TPSA) is 92.5 Å². The average Bonchev–Trinajstić information content (AvgIpc) is 2.48. The molecule has 2 rings (SSSR count). The van der Waals surface area contributed by atoms with Crippen LogP contribution in [0.1, 0.15) is 31.2 Å². The van der Waals surface area contributed by atoms with Crippen molar-refractivity contribution in [2.45, 2.75) is 32.2 Å². The van der Waals surface area contributed by atoms with Crippen molar-refractivity contribution < 1.29 is 14.8 Å². The smallest absolute Gasteiger partial charge is 0.306 e. The first kappa shape index (κ1) is 15.4. The molecular formula is C15H20N2O4. The summed E-state index contributed by atoms with van der Waals surface area (Å²) in [6, 6.07) is 6.62. The van der Waals surface area contributed by atoms with Gasteiger partial charge in [-0.15, -0.1) is 0 Å². The zero-order valence-electron chi connectivity index (χ0n) is 11.8. The SMILES string of the molecule is O=C(O)C1CCCCC1CNCc1ccccc1[N+](=O)[O-]. The Bertz CT molecular complexity index is 518. The van der Waals surface area contributed by atoms with Gasteiger partial charge in [-0.2, -0.15) is 0 Å². The van der Waals surface area contributed by atoms with Gasteiger partial charge in [0.05, 0.1) is 10.8 Å². The summed E-state index contributed by atoms with van der Waals surface area (Å²) in [5.41, 5.74) is 0.730. The quantitative estimate of drug-likeness (QED) is 0.621. The number of nitro benzene ring substituents is 1. The fraction of sp³-hybridized carbons (Fsp3) is 0.533. The minimum absolute atomic E-state index is 0.100. The number of nitrogens with one attached hydrogen (secondary N) is 1. The van der Waals surface area contributed by atoms with E-state index in [1.807, 2.05) is 0 Å². The summed E-state index contributed by atoms with van der Waals surface area (Å²) in [4.78, 5) is 21.8. The Morgan fingerprint density at radius 2 is 2.05 bits per heavy atom. The van der Waals surface area contributed by atoms with Gasteiger partial charge in [-0.3, -0.25) is 14.9 Å². The number of rotatable bonds is 6. The Morgan fingerprint density at radius 3 is 2.76 bits per heavy atom. The fourth-order valence-electron chi connectivity index (χ4n) is 3.01. The van der Waals surface area contributed by atoms with Crippen LogP contribution in [-0.2, 0) is 11.3 Å². The molecule has 6 heteroatoms. The Labute approximate surface area is 123 Å². The summed E-state index contributed by atoms with van der Waals surface area (Å²) in [5, 5.41) is 23.3. The third-order valence-corrected chi connectivity index (χ3v) is 4.14. The molecule has 0 heterocycles. The van der Waals surface area contributed by atoms with Crippen LogP contribution in [0.15, 0.2) is 24.3 Å². The summed E-state index contributed by atoms with van der Waals surface area (Å²) in [5.74, 6) is -0.914. The van der Waals surface area contributed by atoms with E-state index >= 15 is 0 Å². The van der Waals surface area contributed by atoms with Crippen molar-refractivity contribution in [2.75, 3.05) is 6.54 Å². The summed E-state index contributed by atoms with van der Waals surface area (Å²) in [6.45, 7) is 0.975. The number of nitro groups is 1. The summed E-state index contributed by atoms with van der Waals surface area (Å²) >= 11 is 0. The molecule has 0 radical (unpaired) electrons. The van der Waals surface area contributed by atoms with E-state index in [2.05, 4.69) is 5.32 Å². The van der Waals surface area contributed by atoms with E-state index in [4.69, 9.17) is 0 Å². The van der Waals surface area contributed by atoms with Gasteiger partial charge in [-0.25, -0.2) is 0 Å². The molecule has 1 aromatic rings. The zero-order valence-corrected chi connectivity index (χ0v) is 11.8. The van der Waals surface area contributed by atoms with Gasteiger partial charge in [-0.1, -0.05) is 31.0 Å². The zero-order chi connectivity index (χ0) is 15.2. The van der Waals surface area contributed by atoms with Crippen molar-refractivity contribution in [1.82, 2.24) is 5.32 Å². The van der Waals surface area contributed by atoms with Gasteiger partial charge < -0.3 is 10.4 Å². The average molecular weight is 292 g/mol. The minimum Gasteiger partial charge on any atom is -0.481 e. The number of hydrogen-bond acceptors (Lipinski definition) is 4. The summed E-state index contributed by atoms with van der Waals surface area (Å²) in [7, 11) is 0. The standard InChI is InChI=1S/C15H20N2O4/c18-15(19)13-7-3-1-5-11(13)9-16-10-12-6-2-4-8-14(12)17(20)21/h2,4,6,8,11,13,16H,1,3,5,7,9-10H2,(H,18,19). The highest BCUT2D eigenvalue weighted by Crippen LogP contribution is 2.30. The van der Waals surface area contributed by atoms with E-state index in [9.17, 15) is 20.0 Å².